The fourth-order valence-corrected chi connectivity index (χ4v) is 2.71. The molecule has 0 spiro atoms. The molecule has 2 nitrogen and oxygen atoms in total. The Morgan fingerprint density at radius 3 is 2.74 bits per heavy atom. The van der Waals surface area contributed by atoms with Crippen molar-refractivity contribution in [2.45, 2.75) is 39.7 Å². The van der Waals surface area contributed by atoms with E-state index in [-0.39, 0.29) is 0 Å². The Kier molecular flexibility index (Phi) is 5.87. The number of hydrogen-bond donors (Lipinski definition) is 1. The van der Waals surface area contributed by atoms with E-state index < -0.39 is 0 Å². The maximum atomic E-state index is 3.57. The first-order valence-electron chi connectivity index (χ1n) is 7.75. The lowest BCUT2D eigenvalue weighted by Crippen LogP contribution is -2.32. The van der Waals surface area contributed by atoms with Crippen LogP contribution >= 0.6 is 0 Å². The van der Waals surface area contributed by atoms with Crippen molar-refractivity contribution in [3.8, 4) is 0 Å². The quantitative estimate of drug-likeness (QED) is 0.791. The summed E-state index contributed by atoms with van der Waals surface area (Å²) in [5.74, 6) is 0.803. The van der Waals surface area contributed by atoms with Crippen LogP contribution in [0.5, 0.6) is 0 Å². The Morgan fingerprint density at radius 1 is 1.16 bits per heavy atom. The van der Waals surface area contributed by atoms with E-state index in [2.05, 4.69) is 48.3 Å². The molecule has 0 aliphatic carbocycles. The van der Waals surface area contributed by atoms with Gasteiger partial charge in [0.25, 0.3) is 0 Å². The number of benzene rings is 1. The van der Waals surface area contributed by atoms with Gasteiger partial charge in [-0.1, -0.05) is 38.1 Å². The van der Waals surface area contributed by atoms with Crippen molar-refractivity contribution in [3.63, 3.8) is 0 Å². The van der Waals surface area contributed by atoms with E-state index in [4.69, 9.17) is 0 Å². The maximum absolute atomic E-state index is 3.57. The van der Waals surface area contributed by atoms with Gasteiger partial charge in [0.05, 0.1) is 0 Å². The summed E-state index contributed by atoms with van der Waals surface area (Å²) in [6.45, 7) is 10.4. The van der Waals surface area contributed by atoms with Gasteiger partial charge in [-0.2, -0.15) is 0 Å². The van der Waals surface area contributed by atoms with Crippen molar-refractivity contribution >= 4 is 0 Å². The Bertz CT molecular complexity index is 373. The molecule has 0 radical (unpaired) electrons. The highest BCUT2D eigenvalue weighted by Gasteiger charge is 2.13. The molecule has 0 aromatic heterocycles. The molecule has 0 bridgehead atoms. The third-order valence-corrected chi connectivity index (χ3v) is 3.94. The van der Waals surface area contributed by atoms with E-state index in [1.54, 1.807) is 5.56 Å². The predicted molar refractivity (Wildman–Crippen MR) is 82.4 cm³/mol. The normalized spacial score (nSPS) is 16.4. The van der Waals surface area contributed by atoms with Crippen LogP contribution in [-0.4, -0.2) is 31.1 Å². The van der Waals surface area contributed by atoms with Crippen LogP contribution in [0.2, 0.25) is 0 Å². The summed E-state index contributed by atoms with van der Waals surface area (Å²) in [7, 11) is 0. The predicted octanol–water partition coefficient (Wildman–Crippen LogP) is 3.07. The first-order valence-corrected chi connectivity index (χ1v) is 7.75. The van der Waals surface area contributed by atoms with Gasteiger partial charge in [-0.3, -0.25) is 4.90 Å². The molecular formula is C17H28N2. The SMILES string of the molecule is CC(C)CCNCCN1CCCc2ccccc2C1. The van der Waals surface area contributed by atoms with E-state index >= 15 is 0 Å². The first kappa shape index (κ1) is 14.5. The zero-order valence-corrected chi connectivity index (χ0v) is 12.5. The molecule has 0 atom stereocenters. The Morgan fingerprint density at radius 2 is 1.95 bits per heavy atom. The lowest BCUT2D eigenvalue weighted by molar-refractivity contribution is 0.268. The molecule has 0 saturated heterocycles. The summed E-state index contributed by atoms with van der Waals surface area (Å²) in [6.07, 6.45) is 3.82. The van der Waals surface area contributed by atoms with E-state index in [9.17, 15) is 0 Å². The van der Waals surface area contributed by atoms with Crippen LogP contribution in [0.1, 0.15) is 37.8 Å². The Labute approximate surface area is 118 Å². The second kappa shape index (κ2) is 7.66. The van der Waals surface area contributed by atoms with Gasteiger partial charge in [-0.15, -0.1) is 0 Å². The van der Waals surface area contributed by atoms with Crippen LogP contribution in [0.4, 0.5) is 0 Å². The lowest BCUT2D eigenvalue weighted by Gasteiger charge is -2.20. The number of aryl methyl sites for hydroxylation is 1. The number of nitrogens with one attached hydrogen (secondary N) is 1. The second-order valence-electron chi connectivity index (χ2n) is 6.08. The third kappa shape index (κ3) is 4.96. The minimum absolute atomic E-state index is 0.803. The van der Waals surface area contributed by atoms with Crippen LogP contribution in [0.15, 0.2) is 24.3 Å². The van der Waals surface area contributed by atoms with Crippen molar-refractivity contribution in [3.05, 3.63) is 35.4 Å². The highest BCUT2D eigenvalue weighted by Crippen LogP contribution is 2.17. The monoisotopic (exact) mass is 260 g/mol. The highest BCUT2D eigenvalue weighted by atomic mass is 15.1. The Hall–Kier alpha value is -0.860. The van der Waals surface area contributed by atoms with E-state index in [1.165, 1.54) is 37.9 Å². The molecule has 0 saturated carbocycles. The summed E-state index contributed by atoms with van der Waals surface area (Å²) in [5, 5.41) is 3.57. The molecule has 2 heteroatoms. The summed E-state index contributed by atoms with van der Waals surface area (Å²) >= 11 is 0. The fourth-order valence-electron chi connectivity index (χ4n) is 2.71. The molecule has 1 aliphatic rings. The van der Waals surface area contributed by atoms with E-state index in [1.807, 2.05) is 0 Å². The van der Waals surface area contributed by atoms with Crippen molar-refractivity contribution in [2.75, 3.05) is 26.2 Å². The molecular weight excluding hydrogens is 232 g/mol. The molecule has 0 unspecified atom stereocenters. The smallest absolute Gasteiger partial charge is 0.0237 e. The van der Waals surface area contributed by atoms with Gasteiger partial charge in [0.1, 0.15) is 0 Å². The maximum Gasteiger partial charge on any atom is 0.0237 e. The molecule has 1 aliphatic heterocycles. The minimum atomic E-state index is 0.803. The van der Waals surface area contributed by atoms with Crippen LogP contribution in [0.3, 0.4) is 0 Å². The molecule has 1 aromatic rings. The fraction of sp³-hybridized carbons (Fsp3) is 0.647. The van der Waals surface area contributed by atoms with Crippen LogP contribution < -0.4 is 5.32 Å². The van der Waals surface area contributed by atoms with Crippen LogP contribution in [0, 0.1) is 5.92 Å². The molecule has 0 fully saturated rings. The molecule has 106 valence electrons. The number of nitrogens with zero attached hydrogens (tertiary/aromatic N) is 1. The zero-order chi connectivity index (χ0) is 13.5. The van der Waals surface area contributed by atoms with Gasteiger partial charge in [0.15, 0.2) is 0 Å². The summed E-state index contributed by atoms with van der Waals surface area (Å²) in [4.78, 5) is 2.59. The van der Waals surface area contributed by atoms with Gasteiger partial charge in [0, 0.05) is 19.6 Å². The molecule has 19 heavy (non-hydrogen) atoms. The standard InChI is InChI=1S/C17H28N2/c1-15(2)9-10-18-11-13-19-12-5-8-16-6-3-4-7-17(16)14-19/h3-4,6-7,15,18H,5,8-14H2,1-2H3. The highest BCUT2D eigenvalue weighted by molar-refractivity contribution is 5.27. The van der Waals surface area contributed by atoms with Crippen molar-refractivity contribution in [1.29, 1.82) is 0 Å². The van der Waals surface area contributed by atoms with Crippen molar-refractivity contribution in [2.24, 2.45) is 5.92 Å². The summed E-state index contributed by atoms with van der Waals surface area (Å²) in [5.41, 5.74) is 3.08. The van der Waals surface area contributed by atoms with Crippen molar-refractivity contribution < 1.29 is 0 Å². The van der Waals surface area contributed by atoms with Gasteiger partial charge >= 0.3 is 0 Å². The number of rotatable bonds is 6. The Balaban J connectivity index is 1.73. The summed E-state index contributed by atoms with van der Waals surface area (Å²) < 4.78 is 0. The molecule has 1 aromatic carbocycles. The molecule has 2 rings (SSSR count). The zero-order valence-electron chi connectivity index (χ0n) is 12.5. The van der Waals surface area contributed by atoms with Gasteiger partial charge in [-0.05, 0) is 49.4 Å². The van der Waals surface area contributed by atoms with E-state index in [0.717, 1.165) is 25.6 Å². The van der Waals surface area contributed by atoms with Crippen LogP contribution in [0.25, 0.3) is 0 Å². The van der Waals surface area contributed by atoms with Crippen molar-refractivity contribution in [1.82, 2.24) is 10.2 Å². The van der Waals surface area contributed by atoms with Gasteiger partial charge < -0.3 is 5.32 Å². The van der Waals surface area contributed by atoms with Gasteiger partial charge in [0.2, 0.25) is 0 Å². The molecule has 1 heterocycles. The summed E-state index contributed by atoms with van der Waals surface area (Å²) in [6, 6.07) is 8.92. The third-order valence-electron chi connectivity index (χ3n) is 3.94. The number of fused-ring (bicyclic) bond motifs is 1. The second-order valence-corrected chi connectivity index (χ2v) is 6.08. The largest absolute Gasteiger partial charge is 0.315 e. The topological polar surface area (TPSA) is 15.3 Å². The lowest BCUT2D eigenvalue weighted by atomic mass is 10.0. The van der Waals surface area contributed by atoms with Gasteiger partial charge in [-0.25, -0.2) is 0 Å². The molecule has 1 N–H and O–H groups in total. The first-order chi connectivity index (χ1) is 9.25. The molecule has 0 amide bonds. The average molecular weight is 260 g/mol. The average Bonchev–Trinajstić information content (AvgIpc) is 2.59. The van der Waals surface area contributed by atoms with Crippen LogP contribution in [-0.2, 0) is 13.0 Å². The minimum Gasteiger partial charge on any atom is -0.315 e. The number of hydrogen-bond acceptors (Lipinski definition) is 2. The van der Waals surface area contributed by atoms with E-state index in [0.29, 0.717) is 0 Å².